The molecule has 1 N–H and O–H groups in total. The van der Waals surface area contributed by atoms with Crippen molar-refractivity contribution in [2.75, 3.05) is 13.1 Å². The van der Waals surface area contributed by atoms with Crippen LogP contribution in [0.1, 0.15) is 31.6 Å². The summed E-state index contributed by atoms with van der Waals surface area (Å²) in [5, 5.41) is 12.2. The Kier molecular flexibility index (Phi) is 4.08. The van der Waals surface area contributed by atoms with Crippen LogP contribution >= 0.6 is 0 Å². The summed E-state index contributed by atoms with van der Waals surface area (Å²) in [6, 6.07) is 0. The maximum Gasteiger partial charge on any atom is 0.303 e. The summed E-state index contributed by atoms with van der Waals surface area (Å²) >= 11 is 0. The van der Waals surface area contributed by atoms with Crippen LogP contribution < -0.4 is 0 Å². The maximum atomic E-state index is 10.5. The smallest absolute Gasteiger partial charge is 0.303 e. The lowest BCUT2D eigenvalue weighted by Crippen LogP contribution is -2.35. The van der Waals surface area contributed by atoms with E-state index in [2.05, 4.69) is 15.0 Å². The lowest BCUT2D eigenvalue weighted by Gasteiger charge is -2.31. The predicted octanol–water partition coefficient (Wildman–Crippen LogP) is 1.15. The van der Waals surface area contributed by atoms with Crippen molar-refractivity contribution in [2.45, 2.75) is 32.2 Å². The zero-order valence-electron chi connectivity index (χ0n) is 9.71. The second-order valence-electron chi connectivity index (χ2n) is 4.51. The first kappa shape index (κ1) is 12.0. The zero-order valence-corrected chi connectivity index (χ0v) is 9.71. The molecule has 2 heterocycles. The van der Waals surface area contributed by atoms with Crippen molar-refractivity contribution in [3.63, 3.8) is 0 Å². The number of piperidine rings is 1. The third-order valence-electron chi connectivity index (χ3n) is 3.14. The van der Waals surface area contributed by atoms with Crippen LogP contribution in [0.3, 0.4) is 0 Å². The summed E-state index contributed by atoms with van der Waals surface area (Å²) < 4.78 is 4.97. The molecule has 1 atom stereocenters. The zero-order chi connectivity index (χ0) is 12.1. The van der Waals surface area contributed by atoms with Crippen molar-refractivity contribution >= 4 is 5.97 Å². The minimum Gasteiger partial charge on any atom is -0.481 e. The Morgan fingerprint density at radius 1 is 1.65 bits per heavy atom. The fourth-order valence-electron chi connectivity index (χ4n) is 2.32. The van der Waals surface area contributed by atoms with Gasteiger partial charge in [0.15, 0.2) is 6.33 Å². The Hall–Kier alpha value is -1.43. The topological polar surface area (TPSA) is 79.5 Å². The molecule has 1 fully saturated rings. The van der Waals surface area contributed by atoms with Crippen molar-refractivity contribution in [2.24, 2.45) is 5.92 Å². The van der Waals surface area contributed by atoms with Gasteiger partial charge in [-0.3, -0.25) is 9.69 Å². The molecular weight excluding hydrogens is 222 g/mol. The Morgan fingerprint density at radius 2 is 2.53 bits per heavy atom. The summed E-state index contributed by atoms with van der Waals surface area (Å²) in [5.74, 6) is 0.394. The summed E-state index contributed by atoms with van der Waals surface area (Å²) in [4.78, 5) is 16.8. The predicted molar refractivity (Wildman–Crippen MR) is 59.2 cm³/mol. The highest BCUT2D eigenvalue weighted by Crippen LogP contribution is 2.21. The Morgan fingerprint density at radius 3 is 3.24 bits per heavy atom. The van der Waals surface area contributed by atoms with E-state index in [0.717, 1.165) is 32.4 Å². The highest BCUT2D eigenvalue weighted by molar-refractivity contribution is 5.66. The largest absolute Gasteiger partial charge is 0.481 e. The normalized spacial score (nSPS) is 21.5. The SMILES string of the molecule is O=C(O)CCC1CCCN(Cc2ncno2)C1. The molecule has 6 nitrogen and oxygen atoms in total. The van der Waals surface area contributed by atoms with Crippen LogP contribution in [0.15, 0.2) is 10.9 Å². The molecule has 0 bridgehead atoms. The summed E-state index contributed by atoms with van der Waals surface area (Å²) in [6.45, 7) is 2.62. The molecule has 0 radical (unpaired) electrons. The van der Waals surface area contributed by atoms with Crippen LogP contribution in [-0.4, -0.2) is 39.2 Å². The number of likely N-dealkylation sites (tertiary alicyclic amines) is 1. The maximum absolute atomic E-state index is 10.5. The van der Waals surface area contributed by atoms with Gasteiger partial charge in [-0.1, -0.05) is 5.16 Å². The number of nitrogens with zero attached hydrogens (tertiary/aromatic N) is 3. The number of aliphatic carboxylic acids is 1. The van der Waals surface area contributed by atoms with Crippen molar-refractivity contribution < 1.29 is 14.4 Å². The van der Waals surface area contributed by atoms with E-state index in [9.17, 15) is 4.79 Å². The van der Waals surface area contributed by atoms with E-state index in [1.165, 1.54) is 6.33 Å². The quantitative estimate of drug-likeness (QED) is 0.830. The van der Waals surface area contributed by atoms with Crippen LogP contribution in [0.4, 0.5) is 0 Å². The Balaban J connectivity index is 1.78. The van der Waals surface area contributed by atoms with Crippen molar-refractivity contribution in [3.8, 4) is 0 Å². The van der Waals surface area contributed by atoms with E-state index in [1.807, 2.05) is 0 Å². The first-order valence-corrected chi connectivity index (χ1v) is 5.93. The molecule has 0 spiro atoms. The van der Waals surface area contributed by atoms with Crippen molar-refractivity contribution in [1.82, 2.24) is 15.0 Å². The van der Waals surface area contributed by atoms with Crippen molar-refractivity contribution in [1.29, 1.82) is 0 Å². The second-order valence-corrected chi connectivity index (χ2v) is 4.51. The van der Waals surface area contributed by atoms with E-state index in [4.69, 9.17) is 9.63 Å². The number of aromatic nitrogens is 2. The molecule has 1 aliphatic rings. The first-order valence-electron chi connectivity index (χ1n) is 5.93. The van der Waals surface area contributed by atoms with Gasteiger partial charge in [-0.25, -0.2) is 0 Å². The van der Waals surface area contributed by atoms with Crippen LogP contribution in [-0.2, 0) is 11.3 Å². The molecule has 1 unspecified atom stereocenters. The molecule has 0 aliphatic carbocycles. The summed E-state index contributed by atoms with van der Waals surface area (Å²) in [7, 11) is 0. The molecule has 17 heavy (non-hydrogen) atoms. The Bertz CT molecular complexity index is 353. The molecule has 1 aromatic heterocycles. The lowest BCUT2D eigenvalue weighted by molar-refractivity contribution is -0.137. The number of rotatable bonds is 5. The highest BCUT2D eigenvalue weighted by atomic mass is 16.5. The number of carbonyl (C=O) groups is 1. The van der Waals surface area contributed by atoms with E-state index >= 15 is 0 Å². The van der Waals surface area contributed by atoms with E-state index in [1.54, 1.807) is 0 Å². The van der Waals surface area contributed by atoms with Gasteiger partial charge in [0.05, 0.1) is 6.54 Å². The summed E-state index contributed by atoms with van der Waals surface area (Å²) in [5.41, 5.74) is 0. The van der Waals surface area contributed by atoms with E-state index in [-0.39, 0.29) is 6.42 Å². The third-order valence-corrected chi connectivity index (χ3v) is 3.14. The second kappa shape index (κ2) is 5.77. The van der Waals surface area contributed by atoms with Crippen LogP contribution in [0.5, 0.6) is 0 Å². The molecule has 94 valence electrons. The van der Waals surface area contributed by atoms with Gasteiger partial charge in [-0.15, -0.1) is 0 Å². The standard InChI is InChI=1S/C11H17N3O3/c15-11(16)4-3-9-2-1-5-14(6-9)7-10-12-8-13-17-10/h8-9H,1-7H2,(H,15,16). The average Bonchev–Trinajstić information content (AvgIpc) is 2.80. The molecule has 6 heteroatoms. The van der Waals surface area contributed by atoms with Gasteiger partial charge in [0.2, 0.25) is 5.89 Å². The molecule has 0 saturated carbocycles. The van der Waals surface area contributed by atoms with E-state index in [0.29, 0.717) is 18.4 Å². The van der Waals surface area contributed by atoms with Gasteiger partial charge in [0.1, 0.15) is 0 Å². The number of carboxylic acid groups (broad SMARTS) is 1. The van der Waals surface area contributed by atoms with Gasteiger partial charge in [0, 0.05) is 13.0 Å². The number of carboxylic acids is 1. The summed E-state index contributed by atoms with van der Waals surface area (Å²) in [6.07, 6.45) is 4.65. The first-order chi connectivity index (χ1) is 8.24. The molecule has 1 saturated heterocycles. The number of hydrogen-bond acceptors (Lipinski definition) is 5. The molecule has 0 aromatic carbocycles. The van der Waals surface area contributed by atoms with Crippen LogP contribution in [0.2, 0.25) is 0 Å². The molecule has 1 aliphatic heterocycles. The minimum absolute atomic E-state index is 0.263. The fraction of sp³-hybridized carbons (Fsp3) is 0.727. The van der Waals surface area contributed by atoms with Crippen LogP contribution in [0.25, 0.3) is 0 Å². The third kappa shape index (κ3) is 3.81. The lowest BCUT2D eigenvalue weighted by atomic mass is 9.93. The van der Waals surface area contributed by atoms with Gasteiger partial charge in [-0.2, -0.15) is 4.98 Å². The monoisotopic (exact) mass is 239 g/mol. The average molecular weight is 239 g/mol. The van der Waals surface area contributed by atoms with Gasteiger partial charge < -0.3 is 9.63 Å². The van der Waals surface area contributed by atoms with Crippen LogP contribution in [0, 0.1) is 5.92 Å². The van der Waals surface area contributed by atoms with Gasteiger partial charge >= 0.3 is 5.97 Å². The minimum atomic E-state index is -0.709. The van der Waals surface area contributed by atoms with E-state index < -0.39 is 5.97 Å². The highest BCUT2D eigenvalue weighted by Gasteiger charge is 2.21. The fourth-order valence-corrected chi connectivity index (χ4v) is 2.32. The Labute approximate surface area is 99.6 Å². The molecule has 0 amide bonds. The van der Waals surface area contributed by atoms with Gasteiger partial charge in [0.25, 0.3) is 0 Å². The molecular formula is C11H17N3O3. The molecule has 2 rings (SSSR count). The molecule has 1 aromatic rings. The van der Waals surface area contributed by atoms with Gasteiger partial charge in [-0.05, 0) is 31.7 Å². The van der Waals surface area contributed by atoms with Crippen molar-refractivity contribution in [3.05, 3.63) is 12.2 Å². The number of hydrogen-bond donors (Lipinski definition) is 1.